The molecule has 0 unspecified atom stereocenters. The molecule has 184 valence electrons. The molecule has 0 aliphatic rings. The predicted molar refractivity (Wildman–Crippen MR) is 159 cm³/mol. The van der Waals surface area contributed by atoms with Crippen molar-refractivity contribution in [3.05, 3.63) is 75.8 Å². The molecule has 0 spiro atoms. The molecule has 0 saturated heterocycles. The lowest BCUT2D eigenvalue weighted by atomic mass is 10.0. The minimum Gasteiger partial charge on any atom is -0.292 e. The van der Waals surface area contributed by atoms with Crippen LogP contribution in [0.5, 0.6) is 0 Å². The van der Waals surface area contributed by atoms with Crippen LogP contribution in [0.2, 0.25) is 10.0 Å². The Balaban J connectivity index is 1.47. The number of nitrogens with zero attached hydrogens (tertiary/aromatic N) is 3. The zero-order valence-corrected chi connectivity index (χ0v) is 24.2. The molecule has 0 radical (unpaired) electrons. The van der Waals surface area contributed by atoms with E-state index in [-0.39, 0.29) is 5.24 Å². The Labute approximate surface area is 236 Å². The fourth-order valence-corrected chi connectivity index (χ4v) is 8.17. The highest BCUT2D eigenvalue weighted by atomic mass is 35.5. The summed E-state index contributed by atoms with van der Waals surface area (Å²) < 4.78 is 3.68. The molecular formula is C26H21Cl2N3OS4. The molecule has 3 aromatic carbocycles. The van der Waals surface area contributed by atoms with E-state index in [4.69, 9.17) is 28.2 Å². The zero-order valence-electron chi connectivity index (χ0n) is 19.5. The van der Waals surface area contributed by atoms with Crippen LogP contribution in [0.4, 0.5) is 10.5 Å². The van der Waals surface area contributed by atoms with Crippen LogP contribution in [0.1, 0.15) is 25.0 Å². The second-order valence-corrected chi connectivity index (χ2v) is 13.2. The second-order valence-electron chi connectivity index (χ2n) is 7.89. The standard InChI is InChI=1S/C26H21Cl2N3OS4/c1-3-15-6-5-7-16(4-2)23(15)31(14-33-24-29-19-12-17(27)8-10-21(19)34-24)26(32)36-25-30-20-13-18(28)9-11-22(20)35-25/h5-13H,3-4,14H2,1-2H3. The highest BCUT2D eigenvalue weighted by molar-refractivity contribution is 8.15. The lowest BCUT2D eigenvalue weighted by Gasteiger charge is -2.26. The van der Waals surface area contributed by atoms with E-state index in [1.54, 1.807) is 23.1 Å². The normalized spacial score (nSPS) is 11.4. The fourth-order valence-electron chi connectivity index (χ4n) is 3.88. The van der Waals surface area contributed by atoms with Gasteiger partial charge in [0.05, 0.1) is 32.0 Å². The van der Waals surface area contributed by atoms with Crippen LogP contribution in [0.25, 0.3) is 20.4 Å². The maximum absolute atomic E-state index is 13.8. The number of fused-ring (bicyclic) bond motifs is 2. The first-order valence-corrected chi connectivity index (χ1v) is 15.5. The lowest BCUT2D eigenvalue weighted by molar-refractivity contribution is 0.266. The van der Waals surface area contributed by atoms with E-state index in [9.17, 15) is 4.79 Å². The molecule has 0 N–H and O–H groups in total. The molecule has 10 heteroatoms. The molecule has 0 aliphatic heterocycles. The summed E-state index contributed by atoms with van der Waals surface area (Å²) in [4.78, 5) is 25.1. The Morgan fingerprint density at radius 2 is 1.42 bits per heavy atom. The molecule has 0 atom stereocenters. The van der Waals surface area contributed by atoms with Gasteiger partial charge < -0.3 is 0 Å². The van der Waals surface area contributed by atoms with E-state index in [0.29, 0.717) is 20.3 Å². The number of aromatic nitrogens is 2. The van der Waals surface area contributed by atoms with Gasteiger partial charge in [-0.15, -0.1) is 22.7 Å². The van der Waals surface area contributed by atoms with Crippen molar-refractivity contribution in [1.82, 2.24) is 9.97 Å². The highest BCUT2D eigenvalue weighted by Gasteiger charge is 2.24. The Bertz CT molecular complexity index is 1540. The first-order chi connectivity index (χ1) is 17.4. The molecule has 5 rings (SSSR count). The number of thioether (sulfide) groups is 2. The number of para-hydroxylation sites is 1. The molecule has 0 saturated carbocycles. The molecule has 2 aromatic heterocycles. The minimum atomic E-state index is -0.0626. The van der Waals surface area contributed by atoms with E-state index in [1.165, 1.54) is 11.3 Å². The molecule has 0 aliphatic carbocycles. The third-order valence-electron chi connectivity index (χ3n) is 5.61. The van der Waals surface area contributed by atoms with Crippen molar-refractivity contribution in [1.29, 1.82) is 0 Å². The summed E-state index contributed by atoms with van der Waals surface area (Å²) in [6, 6.07) is 17.6. The number of halogens is 2. The van der Waals surface area contributed by atoms with Crippen molar-refractivity contribution in [2.75, 3.05) is 10.8 Å². The average Bonchev–Trinajstić information content (AvgIpc) is 3.46. The smallest absolute Gasteiger partial charge is 0.292 e. The molecule has 0 fully saturated rings. The van der Waals surface area contributed by atoms with E-state index in [2.05, 4.69) is 37.0 Å². The summed E-state index contributed by atoms with van der Waals surface area (Å²) in [5, 5.41) is 1.24. The van der Waals surface area contributed by atoms with E-state index < -0.39 is 0 Å². The van der Waals surface area contributed by atoms with Crippen molar-refractivity contribution in [2.24, 2.45) is 0 Å². The summed E-state index contributed by atoms with van der Waals surface area (Å²) in [6.45, 7) is 4.24. The third kappa shape index (κ3) is 5.54. The van der Waals surface area contributed by atoms with Crippen molar-refractivity contribution in [3.8, 4) is 0 Å². The lowest BCUT2D eigenvalue weighted by Crippen LogP contribution is -2.29. The van der Waals surface area contributed by atoms with Gasteiger partial charge in [0.15, 0.2) is 8.68 Å². The van der Waals surface area contributed by atoms with Gasteiger partial charge in [-0.3, -0.25) is 9.69 Å². The predicted octanol–water partition coefficient (Wildman–Crippen LogP) is 9.81. The summed E-state index contributed by atoms with van der Waals surface area (Å²) in [7, 11) is 0. The number of aryl methyl sites for hydroxylation is 2. The van der Waals surface area contributed by atoms with Gasteiger partial charge in [-0.05, 0) is 60.4 Å². The minimum absolute atomic E-state index is 0.0626. The Morgan fingerprint density at radius 3 is 2.00 bits per heavy atom. The van der Waals surface area contributed by atoms with Gasteiger partial charge >= 0.3 is 0 Å². The quantitative estimate of drug-likeness (QED) is 0.139. The van der Waals surface area contributed by atoms with Crippen molar-refractivity contribution < 1.29 is 4.79 Å². The van der Waals surface area contributed by atoms with Crippen LogP contribution in [-0.4, -0.2) is 21.1 Å². The van der Waals surface area contributed by atoms with Crippen LogP contribution in [0, 0.1) is 0 Å². The van der Waals surface area contributed by atoms with Crippen LogP contribution < -0.4 is 4.90 Å². The number of anilines is 1. The SMILES string of the molecule is CCc1cccc(CC)c1N(CSc1nc2cc(Cl)ccc2s1)C(=O)Sc1nc2cc(Cl)ccc2s1. The average molecular weight is 591 g/mol. The van der Waals surface area contributed by atoms with E-state index in [1.807, 2.05) is 41.3 Å². The zero-order chi connectivity index (χ0) is 25.2. The number of hydrogen-bond acceptors (Lipinski definition) is 7. The third-order valence-corrected chi connectivity index (χ3v) is 10.2. The van der Waals surface area contributed by atoms with Gasteiger partial charge in [-0.25, -0.2) is 9.97 Å². The Hall–Kier alpha value is -1.81. The van der Waals surface area contributed by atoms with Gasteiger partial charge in [0.1, 0.15) is 0 Å². The number of rotatable bonds is 7. The van der Waals surface area contributed by atoms with Gasteiger partial charge in [-0.1, -0.05) is 67.0 Å². The topological polar surface area (TPSA) is 46.1 Å². The molecule has 1 amide bonds. The van der Waals surface area contributed by atoms with Crippen molar-refractivity contribution >= 4 is 101 Å². The number of carbonyl (C=O) groups is 1. The summed E-state index contributed by atoms with van der Waals surface area (Å²) >= 11 is 18.1. The van der Waals surface area contributed by atoms with Crippen LogP contribution in [0.3, 0.4) is 0 Å². The number of thiazole rings is 2. The summed E-state index contributed by atoms with van der Waals surface area (Å²) in [6.07, 6.45) is 1.67. The number of benzene rings is 3. The maximum Gasteiger partial charge on any atom is 0.293 e. The molecule has 36 heavy (non-hydrogen) atoms. The van der Waals surface area contributed by atoms with Crippen molar-refractivity contribution in [3.63, 3.8) is 0 Å². The van der Waals surface area contributed by atoms with Crippen molar-refractivity contribution in [2.45, 2.75) is 35.4 Å². The largest absolute Gasteiger partial charge is 0.293 e. The molecule has 5 aromatic rings. The number of hydrogen-bond donors (Lipinski definition) is 0. The monoisotopic (exact) mass is 589 g/mol. The van der Waals surface area contributed by atoms with Crippen LogP contribution in [-0.2, 0) is 12.8 Å². The number of amides is 1. The summed E-state index contributed by atoms with van der Waals surface area (Å²) in [5.41, 5.74) is 4.96. The summed E-state index contributed by atoms with van der Waals surface area (Å²) in [5.74, 6) is 0.445. The maximum atomic E-state index is 13.8. The highest BCUT2D eigenvalue weighted by Crippen LogP contribution is 2.38. The van der Waals surface area contributed by atoms with Crippen LogP contribution in [0.15, 0.2) is 63.3 Å². The molecule has 4 nitrogen and oxygen atoms in total. The van der Waals surface area contributed by atoms with Crippen LogP contribution >= 0.6 is 69.4 Å². The first kappa shape index (κ1) is 25.8. The van der Waals surface area contributed by atoms with Gasteiger partial charge in [0.2, 0.25) is 0 Å². The van der Waals surface area contributed by atoms with E-state index >= 15 is 0 Å². The van der Waals surface area contributed by atoms with Gasteiger partial charge in [-0.2, -0.15) is 0 Å². The second kappa shape index (κ2) is 11.3. The Kier molecular flexibility index (Phi) is 8.10. The van der Waals surface area contributed by atoms with E-state index in [0.717, 1.165) is 66.2 Å². The number of carbonyl (C=O) groups excluding carboxylic acids is 1. The fraction of sp³-hybridized carbons (Fsp3) is 0.192. The molecular weight excluding hydrogens is 569 g/mol. The Morgan fingerprint density at radius 1 is 0.861 bits per heavy atom. The van der Waals surface area contributed by atoms with Gasteiger partial charge in [0.25, 0.3) is 5.24 Å². The van der Waals surface area contributed by atoms with Gasteiger partial charge in [0, 0.05) is 21.8 Å². The molecule has 0 bridgehead atoms. The first-order valence-electron chi connectivity index (χ1n) is 11.3. The molecule has 2 heterocycles.